The zero-order valence-electron chi connectivity index (χ0n) is 12.3. The van der Waals surface area contributed by atoms with E-state index in [-0.39, 0.29) is 0 Å². The highest BCUT2D eigenvalue weighted by Crippen LogP contribution is 2.43. The van der Waals surface area contributed by atoms with E-state index in [1.807, 2.05) is 74.5 Å². The van der Waals surface area contributed by atoms with Crippen molar-refractivity contribution in [1.29, 1.82) is 0 Å². The lowest BCUT2D eigenvalue weighted by Crippen LogP contribution is -1.80. The Kier molecular flexibility index (Phi) is 6.97. The van der Waals surface area contributed by atoms with Crippen LogP contribution in [0.5, 0.6) is 0 Å². The van der Waals surface area contributed by atoms with Crippen LogP contribution < -0.4 is 0 Å². The molecule has 0 spiro atoms. The molecule has 0 fully saturated rings. The van der Waals surface area contributed by atoms with Crippen LogP contribution in [0.4, 0.5) is 0 Å². The van der Waals surface area contributed by atoms with E-state index in [1.165, 1.54) is 0 Å². The Labute approximate surface area is 150 Å². The molecule has 0 heterocycles. The summed E-state index contributed by atoms with van der Waals surface area (Å²) in [6.45, 7) is 4.05. The second-order valence-electron chi connectivity index (χ2n) is 4.64. The van der Waals surface area contributed by atoms with Gasteiger partial charge >= 0.3 is 0 Å². The molecule has 0 atom stereocenters. The highest BCUT2D eigenvalue weighted by atomic mass is 35.5. The SMILES string of the molecule is C/C(SS/C(C)=C(/Cl)c1ccccc1)=C(\Cl)c1ccccc1. The third kappa shape index (κ3) is 4.85. The molecule has 4 heteroatoms. The van der Waals surface area contributed by atoms with Crippen molar-refractivity contribution in [3.63, 3.8) is 0 Å². The van der Waals surface area contributed by atoms with E-state index < -0.39 is 0 Å². The van der Waals surface area contributed by atoms with Crippen LogP contribution in [-0.2, 0) is 0 Å². The maximum absolute atomic E-state index is 6.43. The van der Waals surface area contributed by atoms with Crippen molar-refractivity contribution in [2.45, 2.75) is 13.8 Å². The second-order valence-corrected chi connectivity index (χ2v) is 7.95. The Hall–Kier alpha value is -0.800. The lowest BCUT2D eigenvalue weighted by Gasteiger charge is -2.08. The first-order chi connectivity index (χ1) is 10.6. The molecule has 0 unspecified atom stereocenters. The molecule has 0 aliphatic heterocycles. The number of rotatable bonds is 5. The topological polar surface area (TPSA) is 0 Å². The third-order valence-corrected chi connectivity index (χ3v) is 6.93. The first-order valence-electron chi connectivity index (χ1n) is 6.77. The molecule has 0 aliphatic carbocycles. The maximum Gasteiger partial charge on any atom is 0.0579 e. The van der Waals surface area contributed by atoms with Gasteiger partial charge in [0.15, 0.2) is 0 Å². The van der Waals surface area contributed by atoms with Gasteiger partial charge in [-0.2, -0.15) is 0 Å². The minimum absolute atomic E-state index is 0.779. The van der Waals surface area contributed by atoms with Crippen molar-refractivity contribution in [1.82, 2.24) is 0 Å². The summed E-state index contributed by atoms with van der Waals surface area (Å²) in [5.41, 5.74) is 2.07. The molecule has 0 amide bonds. The standard InChI is InChI=1S/C18H16Cl2S2/c1-13(17(19)15-9-5-3-6-10-15)21-22-14(2)18(20)16-11-7-4-8-12-16/h3-12H,1-2H3/b17-13+,18-14+. The van der Waals surface area contributed by atoms with Gasteiger partial charge in [-0.15, -0.1) is 0 Å². The van der Waals surface area contributed by atoms with Gasteiger partial charge in [0.2, 0.25) is 0 Å². The van der Waals surface area contributed by atoms with Crippen LogP contribution in [0, 0.1) is 0 Å². The van der Waals surface area contributed by atoms with Crippen molar-refractivity contribution in [3.05, 3.63) is 81.6 Å². The fraction of sp³-hybridized carbons (Fsp3) is 0.111. The summed E-state index contributed by atoms with van der Waals surface area (Å²) in [5.74, 6) is 0. The average Bonchev–Trinajstić information content (AvgIpc) is 2.59. The van der Waals surface area contributed by atoms with Gasteiger partial charge in [0.1, 0.15) is 0 Å². The molecular weight excluding hydrogens is 351 g/mol. The molecule has 114 valence electrons. The van der Waals surface area contributed by atoms with Gasteiger partial charge in [0, 0.05) is 9.81 Å². The van der Waals surface area contributed by atoms with Crippen LogP contribution in [-0.4, -0.2) is 0 Å². The number of benzene rings is 2. The van der Waals surface area contributed by atoms with Crippen LogP contribution in [0.15, 0.2) is 70.5 Å². The summed E-state index contributed by atoms with van der Waals surface area (Å²) in [7, 11) is 3.26. The maximum atomic E-state index is 6.43. The van der Waals surface area contributed by atoms with E-state index in [4.69, 9.17) is 23.2 Å². The van der Waals surface area contributed by atoms with Gasteiger partial charge in [-0.25, -0.2) is 0 Å². The van der Waals surface area contributed by atoms with Crippen molar-refractivity contribution < 1.29 is 0 Å². The number of hydrogen-bond donors (Lipinski definition) is 0. The Balaban J connectivity index is 2.09. The normalized spacial score (nSPS) is 13.5. The van der Waals surface area contributed by atoms with Crippen molar-refractivity contribution in [2.75, 3.05) is 0 Å². The van der Waals surface area contributed by atoms with Gasteiger partial charge in [0.05, 0.1) is 10.1 Å². The summed E-state index contributed by atoms with van der Waals surface area (Å²) in [4.78, 5) is 2.13. The minimum Gasteiger partial charge on any atom is -0.0828 e. The van der Waals surface area contributed by atoms with Gasteiger partial charge in [-0.1, -0.05) is 105 Å². The molecule has 0 aromatic heterocycles. The molecule has 0 saturated heterocycles. The predicted octanol–water partition coefficient (Wildman–Crippen LogP) is 7.62. The molecular formula is C18H16Cl2S2. The van der Waals surface area contributed by atoms with E-state index in [2.05, 4.69) is 0 Å². The molecule has 0 radical (unpaired) electrons. The summed E-state index contributed by atoms with van der Waals surface area (Å²) in [6.07, 6.45) is 0. The first-order valence-corrected chi connectivity index (χ1v) is 9.68. The molecule has 0 nitrogen and oxygen atoms in total. The van der Waals surface area contributed by atoms with Crippen LogP contribution in [0.25, 0.3) is 10.1 Å². The molecule has 0 aliphatic rings. The number of hydrogen-bond acceptors (Lipinski definition) is 2. The van der Waals surface area contributed by atoms with E-state index in [0.29, 0.717) is 0 Å². The molecule has 0 bridgehead atoms. The molecule has 2 aromatic carbocycles. The smallest absolute Gasteiger partial charge is 0.0579 e. The fourth-order valence-electron chi connectivity index (χ4n) is 1.77. The lowest BCUT2D eigenvalue weighted by molar-refractivity contribution is 1.61. The van der Waals surface area contributed by atoms with Crippen LogP contribution >= 0.6 is 44.8 Å². The van der Waals surface area contributed by atoms with E-state index in [9.17, 15) is 0 Å². The van der Waals surface area contributed by atoms with Crippen molar-refractivity contribution in [3.8, 4) is 0 Å². The molecule has 0 saturated carbocycles. The highest BCUT2D eigenvalue weighted by molar-refractivity contribution is 8.79. The first kappa shape index (κ1) is 17.6. The lowest BCUT2D eigenvalue weighted by atomic mass is 10.2. The monoisotopic (exact) mass is 366 g/mol. The minimum atomic E-state index is 0.779. The average molecular weight is 367 g/mol. The summed E-state index contributed by atoms with van der Waals surface area (Å²) in [5, 5.41) is 1.56. The van der Waals surface area contributed by atoms with Crippen molar-refractivity contribution in [2.24, 2.45) is 0 Å². The Morgan fingerprint density at radius 1 is 0.636 bits per heavy atom. The van der Waals surface area contributed by atoms with Crippen LogP contribution in [0.1, 0.15) is 25.0 Å². The highest BCUT2D eigenvalue weighted by Gasteiger charge is 2.07. The van der Waals surface area contributed by atoms with Crippen molar-refractivity contribution >= 4 is 54.9 Å². The van der Waals surface area contributed by atoms with Crippen LogP contribution in [0.3, 0.4) is 0 Å². The molecule has 2 aromatic rings. The Morgan fingerprint density at radius 2 is 0.955 bits per heavy atom. The van der Waals surface area contributed by atoms with E-state index >= 15 is 0 Å². The predicted molar refractivity (Wildman–Crippen MR) is 105 cm³/mol. The third-order valence-electron chi connectivity index (χ3n) is 2.96. The van der Waals surface area contributed by atoms with Gasteiger partial charge in [-0.3, -0.25) is 0 Å². The number of allylic oxidation sites excluding steroid dienone is 2. The summed E-state index contributed by atoms with van der Waals surface area (Å²) < 4.78 is 0. The van der Waals surface area contributed by atoms with Gasteiger partial charge < -0.3 is 0 Å². The Morgan fingerprint density at radius 3 is 1.27 bits per heavy atom. The van der Waals surface area contributed by atoms with Gasteiger partial charge in [0.25, 0.3) is 0 Å². The Bertz CT molecular complexity index is 615. The fourth-order valence-corrected chi connectivity index (χ4v) is 4.41. The second kappa shape index (κ2) is 8.73. The van der Waals surface area contributed by atoms with E-state index in [0.717, 1.165) is 31.0 Å². The number of halogens is 2. The van der Waals surface area contributed by atoms with Crippen LogP contribution in [0.2, 0.25) is 0 Å². The summed E-state index contributed by atoms with van der Waals surface area (Å²) in [6, 6.07) is 20.0. The zero-order valence-corrected chi connectivity index (χ0v) is 15.5. The molecule has 2 rings (SSSR count). The largest absolute Gasteiger partial charge is 0.0828 e. The van der Waals surface area contributed by atoms with E-state index in [1.54, 1.807) is 21.6 Å². The van der Waals surface area contributed by atoms with Gasteiger partial charge in [-0.05, 0) is 25.0 Å². The molecule has 0 N–H and O–H groups in total. The molecule has 22 heavy (non-hydrogen) atoms. The summed E-state index contributed by atoms with van der Waals surface area (Å²) >= 11 is 12.9. The quantitative estimate of drug-likeness (QED) is 0.498. The zero-order chi connectivity index (χ0) is 15.9.